The molecule has 0 radical (unpaired) electrons. The molecule has 0 aromatic heterocycles. The van der Waals surface area contributed by atoms with E-state index in [9.17, 15) is 44.3 Å². The predicted octanol–water partition coefficient (Wildman–Crippen LogP) is 2.17. The van der Waals surface area contributed by atoms with Gasteiger partial charge in [-0.25, -0.2) is 0 Å². The monoisotopic (exact) mass is 416 g/mol. The summed E-state index contributed by atoms with van der Waals surface area (Å²) in [6.07, 6.45) is -12.9. The largest absolute Gasteiger partial charge is 0.481 e. The van der Waals surface area contributed by atoms with E-state index < -0.39 is 57.6 Å². The van der Waals surface area contributed by atoms with Gasteiger partial charge in [-0.05, 0) is 12.8 Å². The highest BCUT2D eigenvalue weighted by Crippen LogP contribution is 2.48. The van der Waals surface area contributed by atoms with Gasteiger partial charge in [-0.1, -0.05) is 12.8 Å². The number of esters is 1. The molecule has 0 bridgehead atoms. The zero-order valence-corrected chi connectivity index (χ0v) is 13.6. The van der Waals surface area contributed by atoms with E-state index in [1.165, 1.54) is 0 Å². The maximum Gasteiger partial charge on any atom is 0.438 e. The molecule has 1 saturated carbocycles. The van der Waals surface area contributed by atoms with E-state index in [-0.39, 0.29) is 25.7 Å². The van der Waals surface area contributed by atoms with Crippen LogP contribution in [0.3, 0.4) is 0 Å². The first kappa shape index (κ1) is 22.5. The van der Waals surface area contributed by atoms with Crippen molar-refractivity contribution in [3.8, 4) is 0 Å². The Balaban J connectivity index is 3.35. The first-order valence-electron chi connectivity index (χ1n) is 7.06. The summed E-state index contributed by atoms with van der Waals surface area (Å²) in [5.41, 5.74) is -5.52. The standard InChI is InChI=1S/C12H14F6O7S/c13-11(14,15)10(12(16,17)18,5-26(22,23)24)25-9(21)7-4-2-1-3-6(7)8(19)20/h6-7H,1-5H2,(H,19,20)(H,22,23,24). The van der Waals surface area contributed by atoms with E-state index in [0.29, 0.717) is 0 Å². The number of alkyl halides is 6. The van der Waals surface area contributed by atoms with Gasteiger partial charge in [0.15, 0.2) is 0 Å². The molecule has 0 aromatic rings. The number of hydrogen-bond donors (Lipinski definition) is 2. The lowest BCUT2D eigenvalue weighted by molar-refractivity contribution is -0.362. The molecule has 14 heteroatoms. The fourth-order valence-corrected chi connectivity index (χ4v) is 3.58. The van der Waals surface area contributed by atoms with Crippen LogP contribution in [0.15, 0.2) is 0 Å². The minimum atomic E-state index is -6.44. The third kappa shape index (κ3) is 4.78. The second kappa shape index (κ2) is 7.21. The summed E-state index contributed by atoms with van der Waals surface area (Å²) >= 11 is 0. The summed E-state index contributed by atoms with van der Waals surface area (Å²) in [5.74, 6) is -10.1. The average molecular weight is 416 g/mol. The molecule has 152 valence electrons. The van der Waals surface area contributed by atoms with Gasteiger partial charge in [0.25, 0.3) is 10.1 Å². The molecular formula is C12H14F6O7S. The van der Waals surface area contributed by atoms with Gasteiger partial charge < -0.3 is 9.84 Å². The van der Waals surface area contributed by atoms with Gasteiger partial charge in [0.05, 0.1) is 11.8 Å². The highest BCUT2D eigenvalue weighted by Gasteiger charge is 2.76. The first-order valence-corrected chi connectivity index (χ1v) is 8.67. The molecule has 1 aliphatic carbocycles. The van der Waals surface area contributed by atoms with Gasteiger partial charge in [-0.3, -0.25) is 14.1 Å². The predicted molar refractivity (Wildman–Crippen MR) is 70.4 cm³/mol. The second-order valence-corrected chi connectivity index (χ2v) is 7.26. The molecule has 1 aliphatic rings. The number of carbonyl (C=O) groups excluding carboxylic acids is 1. The number of ether oxygens (including phenoxy) is 1. The Kier molecular flexibility index (Phi) is 6.23. The number of hydrogen-bond acceptors (Lipinski definition) is 5. The summed E-state index contributed by atoms with van der Waals surface area (Å²) in [4.78, 5) is 23.0. The SMILES string of the molecule is O=C(O)C1CCCCC1C(=O)OC(CS(=O)(=O)O)(C(F)(F)F)C(F)(F)F. The maximum absolute atomic E-state index is 13.1. The van der Waals surface area contributed by atoms with Crippen molar-refractivity contribution in [3.05, 3.63) is 0 Å². The highest BCUT2D eigenvalue weighted by molar-refractivity contribution is 7.85. The van der Waals surface area contributed by atoms with Crippen molar-refractivity contribution in [2.45, 2.75) is 43.6 Å². The van der Waals surface area contributed by atoms with Crippen LogP contribution in [-0.2, 0) is 24.4 Å². The topological polar surface area (TPSA) is 118 Å². The molecular weight excluding hydrogens is 402 g/mol. The van der Waals surface area contributed by atoms with Crippen LogP contribution in [0.2, 0.25) is 0 Å². The van der Waals surface area contributed by atoms with Crippen molar-refractivity contribution < 1.29 is 58.7 Å². The van der Waals surface area contributed by atoms with Crippen LogP contribution >= 0.6 is 0 Å². The van der Waals surface area contributed by atoms with Crippen molar-refractivity contribution in [1.29, 1.82) is 0 Å². The summed E-state index contributed by atoms with van der Waals surface area (Å²) in [6, 6.07) is 0. The Bertz CT molecular complexity index is 640. The Morgan fingerprint density at radius 3 is 1.73 bits per heavy atom. The summed E-state index contributed by atoms with van der Waals surface area (Å²) in [5, 5.41) is 8.97. The van der Waals surface area contributed by atoms with Gasteiger partial charge in [-0.2, -0.15) is 34.8 Å². The quantitative estimate of drug-likeness (QED) is 0.401. The Hall–Kier alpha value is -1.57. The average Bonchev–Trinajstić information content (AvgIpc) is 2.42. The lowest BCUT2D eigenvalue weighted by atomic mass is 9.79. The van der Waals surface area contributed by atoms with Crippen LogP contribution in [0.4, 0.5) is 26.3 Å². The van der Waals surface area contributed by atoms with Crippen molar-refractivity contribution in [3.63, 3.8) is 0 Å². The third-order valence-electron chi connectivity index (χ3n) is 3.96. The fraction of sp³-hybridized carbons (Fsp3) is 0.833. The van der Waals surface area contributed by atoms with Crippen LogP contribution in [0.1, 0.15) is 25.7 Å². The summed E-state index contributed by atoms with van der Waals surface area (Å²) < 4.78 is 112. The van der Waals surface area contributed by atoms with Gasteiger partial charge in [-0.15, -0.1) is 0 Å². The van der Waals surface area contributed by atoms with Crippen LogP contribution < -0.4 is 0 Å². The Morgan fingerprint density at radius 2 is 1.38 bits per heavy atom. The highest BCUT2D eigenvalue weighted by atomic mass is 32.2. The molecule has 0 amide bonds. The zero-order chi connectivity index (χ0) is 20.6. The van der Waals surface area contributed by atoms with Crippen LogP contribution in [-0.4, -0.2) is 53.7 Å². The van der Waals surface area contributed by atoms with Crippen LogP contribution in [0, 0.1) is 11.8 Å². The molecule has 1 rings (SSSR count). The summed E-state index contributed by atoms with van der Waals surface area (Å²) in [7, 11) is -5.89. The lowest BCUT2D eigenvalue weighted by Gasteiger charge is -2.37. The minimum Gasteiger partial charge on any atom is -0.481 e. The van der Waals surface area contributed by atoms with E-state index in [1.807, 2.05) is 0 Å². The molecule has 0 saturated heterocycles. The summed E-state index contributed by atoms with van der Waals surface area (Å²) in [6.45, 7) is 0. The number of carboxylic acid groups (broad SMARTS) is 1. The number of rotatable bonds is 5. The lowest BCUT2D eigenvalue weighted by Crippen LogP contribution is -2.64. The molecule has 26 heavy (non-hydrogen) atoms. The fourth-order valence-electron chi connectivity index (χ4n) is 2.68. The van der Waals surface area contributed by atoms with E-state index in [2.05, 4.69) is 4.74 Å². The molecule has 0 aliphatic heterocycles. The number of carboxylic acids is 1. The Labute approximate surface area is 143 Å². The van der Waals surface area contributed by atoms with Crippen LogP contribution in [0.25, 0.3) is 0 Å². The number of halogens is 6. The molecule has 0 spiro atoms. The molecule has 0 aromatic carbocycles. The molecule has 2 atom stereocenters. The molecule has 2 N–H and O–H groups in total. The molecule has 7 nitrogen and oxygen atoms in total. The van der Waals surface area contributed by atoms with Gasteiger partial charge in [0, 0.05) is 0 Å². The van der Waals surface area contributed by atoms with Crippen molar-refractivity contribution >= 4 is 22.1 Å². The van der Waals surface area contributed by atoms with Gasteiger partial charge in [0.1, 0.15) is 5.75 Å². The van der Waals surface area contributed by atoms with Crippen LogP contribution in [0.5, 0.6) is 0 Å². The molecule has 0 heterocycles. The van der Waals surface area contributed by atoms with Gasteiger partial charge in [0.2, 0.25) is 0 Å². The number of carbonyl (C=O) groups is 2. The second-order valence-electron chi connectivity index (χ2n) is 5.81. The van der Waals surface area contributed by atoms with E-state index in [4.69, 9.17) is 9.66 Å². The van der Waals surface area contributed by atoms with Crippen molar-refractivity contribution in [2.24, 2.45) is 11.8 Å². The normalized spacial score (nSPS) is 22.7. The third-order valence-corrected chi connectivity index (χ3v) is 4.73. The Morgan fingerprint density at radius 1 is 0.962 bits per heavy atom. The molecule has 1 fully saturated rings. The van der Waals surface area contributed by atoms with E-state index >= 15 is 0 Å². The van der Waals surface area contributed by atoms with Gasteiger partial charge >= 0.3 is 29.9 Å². The first-order chi connectivity index (χ1) is 11.5. The minimum absolute atomic E-state index is 0.160. The van der Waals surface area contributed by atoms with Crippen molar-refractivity contribution in [2.75, 3.05) is 5.75 Å². The number of aliphatic carboxylic acids is 1. The van der Waals surface area contributed by atoms with E-state index in [1.54, 1.807) is 0 Å². The maximum atomic E-state index is 13.1. The van der Waals surface area contributed by atoms with Crippen molar-refractivity contribution in [1.82, 2.24) is 0 Å². The smallest absolute Gasteiger partial charge is 0.438 e. The molecule has 2 unspecified atom stereocenters. The van der Waals surface area contributed by atoms with E-state index in [0.717, 1.165) is 0 Å². The zero-order valence-electron chi connectivity index (χ0n) is 12.8.